The van der Waals surface area contributed by atoms with E-state index in [4.69, 9.17) is 10.5 Å². The number of benzene rings is 2. The van der Waals surface area contributed by atoms with E-state index < -0.39 is 30.5 Å². The standard InChI is InChI=1S/C20H18F2N2O5/c1-12(19(27)24-15-7-5-14(6-8-15)18(23)26)28-17(25)11-4-13-2-9-16(10-3-13)29-20(21)22/h2-12,20H,1H3,(H2,23,26)(H,24,27)/b11-4+. The van der Waals surface area contributed by atoms with Crippen molar-refractivity contribution in [3.8, 4) is 5.75 Å². The minimum atomic E-state index is -2.92. The first-order chi connectivity index (χ1) is 13.7. The molecular weight excluding hydrogens is 386 g/mol. The van der Waals surface area contributed by atoms with Gasteiger partial charge in [-0.2, -0.15) is 8.78 Å². The third-order valence-electron chi connectivity index (χ3n) is 3.62. The highest BCUT2D eigenvalue weighted by Gasteiger charge is 2.16. The molecule has 29 heavy (non-hydrogen) atoms. The summed E-state index contributed by atoms with van der Waals surface area (Å²) in [5.41, 5.74) is 6.39. The lowest BCUT2D eigenvalue weighted by Gasteiger charge is -2.12. The molecule has 0 aromatic heterocycles. The van der Waals surface area contributed by atoms with Gasteiger partial charge in [0.2, 0.25) is 5.91 Å². The Bertz CT molecular complexity index is 896. The van der Waals surface area contributed by atoms with E-state index in [0.717, 1.165) is 6.08 Å². The van der Waals surface area contributed by atoms with Gasteiger partial charge in [-0.15, -0.1) is 0 Å². The molecule has 0 aliphatic rings. The Morgan fingerprint density at radius 3 is 2.21 bits per heavy atom. The van der Waals surface area contributed by atoms with Crippen LogP contribution < -0.4 is 15.8 Å². The second kappa shape index (κ2) is 9.98. The number of esters is 1. The highest BCUT2D eigenvalue weighted by atomic mass is 19.3. The van der Waals surface area contributed by atoms with Crippen molar-refractivity contribution in [3.63, 3.8) is 0 Å². The molecule has 0 heterocycles. The van der Waals surface area contributed by atoms with Crippen molar-refractivity contribution in [2.45, 2.75) is 19.6 Å². The van der Waals surface area contributed by atoms with E-state index in [-0.39, 0.29) is 5.75 Å². The molecular formula is C20H18F2N2O5. The zero-order chi connectivity index (χ0) is 21.4. The molecule has 2 rings (SSSR count). The summed E-state index contributed by atoms with van der Waals surface area (Å²) in [7, 11) is 0. The first-order valence-corrected chi connectivity index (χ1v) is 8.39. The van der Waals surface area contributed by atoms with E-state index >= 15 is 0 Å². The predicted molar refractivity (Wildman–Crippen MR) is 101 cm³/mol. The highest BCUT2D eigenvalue weighted by Crippen LogP contribution is 2.16. The topological polar surface area (TPSA) is 108 Å². The first kappa shape index (κ1) is 21.5. The fourth-order valence-corrected chi connectivity index (χ4v) is 2.15. The van der Waals surface area contributed by atoms with Crippen LogP contribution in [0.1, 0.15) is 22.8 Å². The molecule has 152 valence electrons. The maximum atomic E-state index is 12.1. The number of halogens is 2. The number of rotatable bonds is 8. The minimum absolute atomic E-state index is 0.00567. The number of amides is 2. The highest BCUT2D eigenvalue weighted by molar-refractivity contribution is 5.97. The Morgan fingerprint density at radius 2 is 1.66 bits per heavy atom. The van der Waals surface area contributed by atoms with Crippen LogP contribution in [0.5, 0.6) is 5.75 Å². The monoisotopic (exact) mass is 404 g/mol. The molecule has 0 aliphatic heterocycles. The molecule has 2 aromatic carbocycles. The molecule has 1 atom stereocenters. The van der Waals surface area contributed by atoms with Gasteiger partial charge in [0, 0.05) is 17.3 Å². The summed E-state index contributed by atoms with van der Waals surface area (Å²) in [4.78, 5) is 35.0. The summed E-state index contributed by atoms with van der Waals surface area (Å²) in [6, 6.07) is 11.5. The predicted octanol–water partition coefficient (Wildman–Crippen LogP) is 2.97. The lowest BCUT2D eigenvalue weighted by Crippen LogP contribution is -2.29. The van der Waals surface area contributed by atoms with Crippen molar-refractivity contribution in [1.29, 1.82) is 0 Å². The zero-order valence-electron chi connectivity index (χ0n) is 15.3. The van der Waals surface area contributed by atoms with Gasteiger partial charge in [0.05, 0.1) is 0 Å². The maximum Gasteiger partial charge on any atom is 0.387 e. The van der Waals surface area contributed by atoms with Gasteiger partial charge in [-0.05, 0) is 55.0 Å². The molecule has 7 nitrogen and oxygen atoms in total. The largest absolute Gasteiger partial charge is 0.449 e. The quantitative estimate of drug-likeness (QED) is 0.520. The van der Waals surface area contributed by atoms with Gasteiger partial charge in [0.1, 0.15) is 5.75 Å². The third kappa shape index (κ3) is 7.06. The van der Waals surface area contributed by atoms with Crippen LogP contribution in [-0.2, 0) is 14.3 Å². The number of hydrogen-bond acceptors (Lipinski definition) is 5. The Labute approximate surface area is 165 Å². The molecule has 0 saturated carbocycles. The number of primary amides is 1. The molecule has 0 fully saturated rings. The second-order valence-electron chi connectivity index (χ2n) is 5.79. The summed E-state index contributed by atoms with van der Waals surface area (Å²) in [6.07, 6.45) is 1.43. The Hall–Kier alpha value is -3.75. The molecule has 9 heteroatoms. The van der Waals surface area contributed by atoms with Crippen molar-refractivity contribution in [3.05, 3.63) is 65.7 Å². The van der Waals surface area contributed by atoms with Gasteiger partial charge < -0.3 is 20.5 Å². The summed E-state index contributed by atoms with van der Waals surface area (Å²) < 4.78 is 33.4. The van der Waals surface area contributed by atoms with Crippen molar-refractivity contribution in [1.82, 2.24) is 0 Å². The van der Waals surface area contributed by atoms with Crippen LogP contribution in [0.15, 0.2) is 54.6 Å². The molecule has 0 radical (unpaired) electrons. The Balaban J connectivity index is 1.86. The zero-order valence-corrected chi connectivity index (χ0v) is 15.3. The van der Waals surface area contributed by atoms with Gasteiger partial charge in [-0.25, -0.2) is 4.79 Å². The van der Waals surface area contributed by atoms with Crippen LogP contribution in [0.4, 0.5) is 14.5 Å². The fourth-order valence-electron chi connectivity index (χ4n) is 2.15. The average Bonchev–Trinajstić information content (AvgIpc) is 2.67. The summed E-state index contributed by atoms with van der Waals surface area (Å²) >= 11 is 0. The number of hydrogen-bond donors (Lipinski definition) is 2. The maximum absolute atomic E-state index is 12.1. The lowest BCUT2D eigenvalue weighted by molar-refractivity contribution is -0.148. The molecule has 3 N–H and O–H groups in total. The SMILES string of the molecule is CC(OC(=O)/C=C/c1ccc(OC(F)F)cc1)C(=O)Nc1ccc(C(N)=O)cc1. The molecule has 1 unspecified atom stereocenters. The van der Waals surface area contributed by atoms with Crippen molar-refractivity contribution >= 4 is 29.5 Å². The summed E-state index contributed by atoms with van der Waals surface area (Å²) in [5, 5.41) is 2.54. The first-order valence-electron chi connectivity index (χ1n) is 8.39. The number of carbonyl (C=O) groups is 3. The summed E-state index contributed by atoms with van der Waals surface area (Å²) in [6.45, 7) is -1.52. The number of anilines is 1. The number of nitrogens with one attached hydrogen (secondary N) is 1. The van der Waals surface area contributed by atoms with Crippen LogP contribution in [0.3, 0.4) is 0 Å². The normalized spacial score (nSPS) is 11.9. The van der Waals surface area contributed by atoms with Crippen LogP contribution >= 0.6 is 0 Å². The van der Waals surface area contributed by atoms with E-state index in [9.17, 15) is 23.2 Å². The van der Waals surface area contributed by atoms with E-state index in [1.54, 1.807) is 0 Å². The van der Waals surface area contributed by atoms with Crippen LogP contribution in [0.2, 0.25) is 0 Å². The van der Waals surface area contributed by atoms with E-state index in [0.29, 0.717) is 16.8 Å². The van der Waals surface area contributed by atoms with E-state index in [2.05, 4.69) is 10.1 Å². The van der Waals surface area contributed by atoms with Crippen molar-refractivity contribution in [2.24, 2.45) is 5.73 Å². The lowest BCUT2D eigenvalue weighted by atomic mass is 10.2. The fraction of sp³-hybridized carbons (Fsp3) is 0.150. The van der Waals surface area contributed by atoms with Gasteiger partial charge in [-0.1, -0.05) is 12.1 Å². The van der Waals surface area contributed by atoms with Gasteiger partial charge in [0.15, 0.2) is 6.10 Å². The van der Waals surface area contributed by atoms with Crippen LogP contribution in [-0.4, -0.2) is 30.5 Å². The number of alkyl halides is 2. The van der Waals surface area contributed by atoms with Gasteiger partial charge in [0.25, 0.3) is 5.91 Å². The molecule has 2 amide bonds. The Morgan fingerprint density at radius 1 is 1.03 bits per heavy atom. The van der Waals surface area contributed by atoms with Crippen LogP contribution in [0, 0.1) is 0 Å². The van der Waals surface area contributed by atoms with Crippen LogP contribution in [0.25, 0.3) is 6.08 Å². The average molecular weight is 404 g/mol. The van der Waals surface area contributed by atoms with Crippen molar-refractivity contribution < 1.29 is 32.6 Å². The van der Waals surface area contributed by atoms with Gasteiger partial charge in [-0.3, -0.25) is 9.59 Å². The van der Waals surface area contributed by atoms with E-state index in [1.165, 1.54) is 61.5 Å². The van der Waals surface area contributed by atoms with E-state index in [1.807, 2.05) is 0 Å². The third-order valence-corrected chi connectivity index (χ3v) is 3.62. The molecule has 0 bridgehead atoms. The minimum Gasteiger partial charge on any atom is -0.449 e. The molecule has 2 aromatic rings. The van der Waals surface area contributed by atoms with Gasteiger partial charge >= 0.3 is 12.6 Å². The Kier molecular flexibility index (Phi) is 7.41. The summed E-state index contributed by atoms with van der Waals surface area (Å²) in [5.74, 6) is -1.92. The molecule has 0 spiro atoms. The molecule has 0 saturated heterocycles. The number of ether oxygens (including phenoxy) is 2. The number of carbonyl (C=O) groups excluding carboxylic acids is 3. The molecule has 0 aliphatic carbocycles. The second-order valence-corrected chi connectivity index (χ2v) is 5.79. The van der Waals surface area contributed by atoms with Crippen molar-refractivity contribution in [2.75, 3.05) is 5.32 Å². The smallest absolute Gasteiger partial charge is 0.387 e. The number of nitrogens with two attached hydrogens (primary N) is 1.